The van der Waals surface area contributed by atoms with Crippen molar-refractivity contribution in [3.8, 4) is 5.75 Å². The van der Waals surface area contributed by atoms with Gasteiger partial charge < -0.3 is 10.5 Å². The third-order valence-electron chi connectivity index (χ3n) is 2.60. The molecule has 0 aliphatic rings. The average Bonchev–Trinajstić information content (AvgIpc) is 2.21. The lowest BCUT2D eigenvalue weighted by atomic mass is 10.1. The Kier molecular flexibility index (Phi) is 5.02. The molecule has 0 amide bonds. The van der Waals surface area contributed by atoms with Crippen LogP contribution in [0.15, 0.2) is 12.1 Å². The summed E-state index contributed by atoms with van der Waals surface area (Å²) in [5.74, 6) is 0.832. The molecule has 0 heterocycles. The normalized spacial score (nSPS) is 11.5. The lowest BCUT2D eigenvalue weighted by molar-refractivity contribution is 0.340. The van der Waals surface area contributed by atoms with E-state index >= 15 is 0 Å². The largest absolute Gasteiger partial charge is 0.490 e. The lowest BCUT2D eigenvalue weighted by Gasteiger charge is -2.12. The van der Waals surface area contributed by atoms with E-state index in [9.17, 15) is 8.42 Å². The monoisotopic (exact) mass is 271 g/mol. The quantitative estimate of drug-likeness (QED) is 0.804. The number of hydrogen-bond acceptors (Lipinski definition) is 4. The standard InChI is InChI=1S/C13H21NO3S/c1-4-6-18(15,16)7-5-17-13-11(3)8-10(2)9-12(13)14/h8-9H,4-7,14H2,1-3H3. The van der Waals surface area contributed by atoms with Gasteiger partial charge in [0.05, 0.1) is 17.2 Å². The second-order valence-electron chi connectivity index (χ2n) is 4.50. The van der Waals surface area contributed by atoms with Crippen molar-refractivity contribution in [1.82, 2.24) is 0 Å². The molecule has 0 spiro atoms. The third kappa shape index (κ3) is 4.22. The fourth-order valence-electron chi connectivity index (χ4n) is 1.87. The average molecular weight is 271 g/mol. The maximum absolute atomic E-state index is 11.5. The number of benzene rings is 1. The van der Waals surface area contributed by atoms with E-state index in [1.54, 1.807) is 0 Å². The summed E-state index contributed by atoms with van der Waals surface area (Å²) in [7, 11) is -3.00. The zero-order chi connectivity index (χ0) is 13.8. The van der Waals surface area contributed by atoms with Gasteiger partial charge in [-0.25, -0.2) is 8.42 Å². The van der Waals surface area contributed by atoms with Gasteiger partial charge in [0.2, 0.25) is 0 Å². The summed E-state index contributed by atoms with van der Waals surface area (Å²) in [6.07, 6.45) is 0.633. The first kappa shape index (κ1) is 14.8. The van der Waals surface area contributed by atoms with Crippen LogP contribution in [0.2, 0.25) is 0 Å². The highest BCUT2D eigenvalue weighted by atomic mass is 32.2. The smallest absolute Gasteiger partial charge is 0.153 e. The van der Waals surface area contributed by atoms with Crippen LogP contribution < -0.4 is 10.5 Å². The number of sulfone groups is 1. The Bertz CT molecular complexity index is 486. The van der Waals surface area contributed by atoms with Crippen molar-refractivity contribution in [2.75, 3.05) is 23.8 Å². The minimum Gasteiger partial charge on any atom is -0.490 e. The molecule has 1 aromatic rings. The second-order valence-corrected chi connectivity index (χ2v) is 6.80. The molecule has 0 aliphatic carbocycles. The topological polar surface area (TPSA) is 69.4 Å². The molecule has 0 fully saturated rings. The summed E-state index contributed by atoms with van der Waals surface area (Å²) in [5, 5.41) is 0. The fraction of sp³-hybridized carbons (Fsp3) is 0.538. The van der Waals surface area contributed by atoms with Crippen LogP contribution in [-0.2, 0) is 9.84 Å². The van der Waals surface area contributed by atoms with Gasteiger partial charge in [0, 0.05) is 0 Å². The van der Waals surface area contributed by atoms with Crippen LogP contribution in [0.4, 0.5) is 5.69 Å². The summed E-state index contributed by atoms with van der Waals surface area (Å²) in [6.45, 7) is 5.86. The van der Waals surface area contributed by atoms with Gasteiger partial charge in [-0.2, -0.15) is 0 Å². The minimum absolute atomic E-state index is 0.0353. The minimum atomic E-state index is -3.00. The van der Waals surface area contributed by atoms with E-state index in [2.05, 4.69) is 0 Å². The van der Waals surface area contributed by atoms with Gasteiger partial charge >= 0.3 is 0 Å². The molecule has 0 saturated carbocycles. The Balaban J connectivity index is 2.65. The molecule has 1 rings (SSSR count). The molecule has 102 valence electrons. The molecule has 0 saturated heterocycles. The molecule has 18 heavy (non-hydrogen) atoms. The van der Waals surface area contributed by atoms with E-state index < -0.39 is 9.84 Å². The number of hydrogen-bond donors (Lipinski definition) is 1. The van der Waals surface area contributed by atoms with Crippen LogP contribution in [0.5, 0.6) is 5.75 Å². The molecule has 2 N–H and O–H groups in total. The van der Waals surface area contributed by atoms with Crippen molar-refractivity contribution in [1.29, 1.82) is 0 Å². The Morgan fingerprint density at radius 2 is 1.89 bits per heavy atom. The molecular formula is C13H21NO3S. The SMILES string of the molecule is CCCS(=O)(=O)CCOc1c(C)cc(C)cc1N. The molecule has 0 atom stereocenters. The van der Waals surface area contributed by atoms with Gasteiger partial charge in [0.15, 0.2) is 9.84 Å². The molecular weight excluding hydrogens is 250 g/mol. The highest BCUT2D eigenvalue weighted by Crippen LogP contribution is 2.27. The molecule has 1 aromatic carbocycles. The van der Waals surface area contributed by atoms with Crippen LogP contribution in [0.25, 0.3) is 0 Å². The van der Waals surface area contributed by atoms with Crippen LogP contribution in [0, 0.1) is 13.8 Å². The molecule has 5 heteroatoms. The number of ether oxygens (including phenoxy) is 1. The van der Waals surface area contributed by atoms with E-state index in [1.807, 2.05) is 32.9 Å². The maximum Gasteiger partial charge on any atom is 0.153 e. The summed E-state index contributed by atoms with van der Waals surface area (Å²) >= 11 is 0. The first-order valence-electron chi connectivity index (χ1n) is 6.05. The number of nitrogen functional groups attached to an aromatic ring is 1. The van der Waals surface area contributed by atoms with Gasteiger partial charge in [-0.05, 0) is 37.5 Å². The molecule has 0 radical (unpaired) electrons. The Hall–Kier alpha value is -1.23. The van der Waals surface area contributed by atoms with Crippen LogP contribution in [-0.4, -0.2) is 26.5 Å². The summed E-state index contributed by atoms with van der Waals surface area (Å²) in [5.41, 5.74) is 8.41. The zero-order valence-corrected chi connectivity index (χ0v) is 12.0. The van der Waals surface area contributed by atoms with Crippen molar-refractivity contribution in [3.05, 3.63) is 23.3 Å². The number of rotatable bonds is 6. The van der Waals surface area contributed by atoms with E-state index in [0.717, 1.165) is 11.1 Å². The Morgan fingerprint density at radius 3 is 2.44 bits per heavy atom. The fourth-order valence-corrected chi connectivity index (χ4v) is 3.03. The third-order valence-corrected chi connectivity index (χ3v) is 4.42. The molecule has 4 nitrogen and oxygen atoms in total. The highest BCUT2D eigenvalue weighted by Gasteiger charge is 2.11. The zero-order valence-electron chi connectivity index (χ0n) is 11.2. The highest BCUT2D eigenvalue weighted by molar-refractivity contribution is 7.91. The second kappa shape index (κ2) is 6.09. The van der Waals surface area contributed by atoms with Crippen LogP contribution in [0.3, 0.4) is 0 Å². The number of nitrogens with two attached hydrogens (primary N) is 1. The summed E-state index contributed by atoms with van der Waals surface area (Å²) in [6, 6.07) is 3.79. The Morgan fingerprint density at radius 1 is 1.22 bits per heavy atom. The van der Waals surface area contributed by atoms with Crippen molar-refractivity contribution < 1.29 is 13.2 Å². The van der Waals surface area contributed by atoms with Gasteiger partial charge in [-0.3, -0.25) is 0 Å². The number of aryl methyl sites for hydroxylation is 2. The molecule has 0 unspecified atom stereocenters. The van der Waals surface area contributed by atoms with Crippen molar-refractivity contribution >= 4 is 15.5 Å². The van der Waals surface area contributed by atoms with Gasteiger partial charge in [-0.1, -0.05) is 13.0 Å². The molecule has 0 bridgehead atoms. The van der Waals surface area contributed by atoms with E-state index in [-0.39, 0.29) is 18.1 Å². The van der Waals surface area contributed by atoms with Crippen molar-refractivity contribution in [2.45, 2.75) is 27.2 Å². The van der Waals surface area contributed by atoms with Crippen molar-refractivity contribution in [3.63, 3.8) is 0 Å². The van der Waals surface area contributed by atoms with E-state index in [0.29, 0.717) is 17.9 Å². The first-order valence-corrected chi connectivity index (χ1v) is 7.88. The predicted octanol–water partition coefficient (Wildman–Crippen LogP) is 2.09. The lowest BCUT2D eigenvalue weighted by Crippen LogP contribution is -2.17. The Labute approximate surface area is 109 Å². The molecule has 0 aromatic heterocycles. The van der Waals surface area contributed by atoms with Crippen molar-refractivity contribution in [2.24, 2.45) is 0 Å². The summed E-state index contributed by atoms with van der Waals surface area (Å²) in [4.78, 5) is 0. The van der Waals surface area contributed by atoms with Gasteiger partial charge in [0.25, 0.3) is 0 Å². The van der Waals surface area contributed by atoms with Crippen LogP contribution in [0.1, 0.15) is 24.5 Å². The van der Waals surface area contributed by atoms with Crippen LogP contribution >= 0.6 is 0 Å². The van der Waals surface area contributed by atoms with E-state index in [1.165, 1.54) is 0 Å². The van der Waals surface area contributed by atoms with E-state index in [4.69, 9.17) is 10.5 Å². The maximum atomic E-state index is 11.5. The van der Waals surface area contributed by atoms with Gasteiger partial charge in [0.1, 0.15) is 12.4 Å². The summed E-state index contributed by atoms with van der Waals surface area (Å²) < 4.78 is 28.6. The molecule has 0 aliphatic heterocycles. The van der Waals surface area contributed by atoms with Gasteiger partial charge in [-0.15, -0.1) is 0 Å². The predicted molar refractivity (Wildman–Crippen MR) is 74.8 cm³/mol. The number of anilines is 1. The first-order chi connectivity index (χ1) is 8.35.